The van der Waals surface area contributed by atoms with Gasteiger partial charge in [-0.25, -0.2) is 8.42 Å². The molecule has 0 amide bonds. The van der Waals surface area contributed by atoms with E-state index in [-0.39, 0.29) is 11.0 Å². The van der Waals surface area contributed by atoms with E-state index in [1.807, 2.05) is 0 Å². The second-order valence-corrected chi connectivity index (χ2v) is 6.26. The van der Waals surface area contributed by atoms with Gasteiger partial charge in [0.2, 0.25) is 0 Å². The van der Waals surface area contributed by atoms with Gasteiger partial charge in [-0.1, -0.05) is 5.16 Å². The molecule has 5 nitrogen and oxygen atoms in total. The van der Waals surface area contributed by atoms with E-state index in [0.29, 0.717) is 13.1 Å². The molecule has 0 bridgehead atoms. The van der Waals surface area contributed by atoms with Gasteiger partial charge in [-0.05, 0) is 13.8 Å². The minimum Gasteiger partial charge on any atom is -0.364 e. The fourth-order valence-corrected chi connectivity index (χ4v) is 1.90. The summed E-state index contributed by atoms with van der Waals surface area (Å²) >= 11 is 0. The van der Waals surface area contributed by atoms with Gasteiger partial charge in [0.15, 0.2) is 9.84 Å². The van der Waals surface area contributed by atoms with E-state index >= 15 is 0 Å². The van der Waals surface area contributed by atoms with Crippen molar-refractivity contribution < 1.29 is 12.9 Å². The predicted octanol–water partition coefficient (Wildman–Crippen LogP) is 0.587. The Labute approximate surface area is 89.8 Å². The van der Waals surface area contributed by atoms with Crippen LogP contribution in [0.15, 0.2) is 16.9 Å². The van der Waals surface area contributed by atoms with Crippen LogP contribution in [0.5, 0.6) is 0 Å². The molecule has 1 aromatic heterocycles. The van der Waals surface area contributed by atoms with Crippen molar-refractivity contribution in [3.8, 4) is 0 Å². The van der Waals surface area contributed by atoms with Crippen molar-refractivity contribution in [1.82, 2.24) is 10.5 Å². The maximum atomic E-state index is 11.4. The van der Waals surface area contributed by atoms with Gasteiger partial charge in [-0.15, -0.1) is 0 Å². The Morgan fingerprint density at radius 3 is 2.80 bits per heavy atom. The van der Waals surface area contributed by atoms with Crippen molar-refractivity contribution in [2.45, 2.75) is 25.6 Å². The average molecular weight is 232 g/mol. The summed E-state index contributed by atoms with van der Waals surface area (Å²) in [6, 6.07) is 1.74. The summed E-state index contributed by atoms with van der Waals surface area (Å²) in [5.74, 6) is 0.155. The molecule has 0 unspecified atom stereocenters. The van der Waals surface area contributed by atoms with E-state index in [1.165, 1.54) is 6.26 Å². The van der Waals surface area contributed by atoms with Gasteiger partial charge in [-0.3, -0.25) is 0 Å². The SMILES string of the molecule is CC(C)S(=O)(=O)CCNCc1ccon1. The summed E-state index contributed by atoms with van der Waals surface area (Å²) in [6.45, 7) is 4.34. The first-order valence-corrected chi connectivity index (χ1v) is 6.55. The van der Waals surface area contributed by atoms with Gasteiger partial charge in [-0.2, -0.15) is 0 Å². The number of nitrogens with one attached hydrogen (secondary N) is 1. The summed E-state index contributed by atoms with van der Waals surface area (Å²) in [7, 11) is -2.95. The Morgan fingerprint density at radius 1 is 1.53 bits per heavy atom. The van der Waals surface area contributed by atoms with Gasteiger partial charge in [0, 0.05) is 19.2 Å². The largest absolute Gasteiger partial charge is 0.364 e. The molecule has 0 aliphatic heterocycles. The van der Waals surface area contributed by atoms with E-state index < -0.39 is 9.84 Å². The van der Waals surface area contributed by atoms with Gasteiger partial charge < -0.3 is 9.84 Å². The van der Waals surface area contributed by atoms with Crippen LogP contribution in [-0.2, 0) is 16.4 Å². The Balaban J connectivity index is 2.23. The highest BCUT2D eigenvalue weighted by Crippen LogP contribution is 1.99. The summed E-state index contributed by atoms with van der Waals surface area (Å²) < 4.78 is 27.5. The molecule has 0 fully saturated rings. The first kappa shape index (κ1) is 12.2. The summed E-state index contributed by atoms with van der Waals surface area (Å²) in [5, 5.41) is 6.38. The first-order valence-electron chi connectivity index (χ1n) is 4.84. The topological polar surface area (TPSA) is 72.2 Å². The number of sulfone groups is 1. The monoisotopic (exact) mass is 232 g/mol. The minimum atomic E-state index is -2.95. The first-order chi connectivity index (χ1) is 7.02. The van der Waals surface area contributed by atoms with E-state index in [9.17, 15) is 8.42 Å². The molecule has 6 heteroatoms. The number of hydrogen-bond donors (Lipinski definition) is 1. The molecule has 0 aliphatic carbocycles. The summed E-state index contributed by atoms with van der Waals surface area (Å²) in [4.78, 5) is 0. The van der Waals surface area contributed by atoms with Gasteiger partial charge in [0.25, 0.3) is 0 Å². The molecule has 0 atom stereocenters. The van der Waals surface area contributed by atoms with Crippen LogP contribution < -0.4 is 5.32 Å². The third-order valence-corrected chi connectivity index (χ3v) is 4.29. The lowest BCUT2D eigenvalue weighted by molar-refractivity contribution is 0.409. The molecular formula is C9H16N2O3S. The molecule has 0 spiro atoms. The highest BCUT2D eigenvalue weighted by molar-refractivity contribution is 7.92. The third kappa shape index (κ3) is 4.01. The van der Waals surface area contributed by atoms with Gasteiger partial charge in [0.05, 0.1) is 16.7 Å². The van der Waals surface area contributed by atoms with E-state index in [0.717, 1.165) is 5.69 Å². The second-order valence-electron chi connectivity index (χ2n) is 3.58. The molecule has 0 saturated carbocycles. The quantitative estimate of drug-likeness (QED) is 0.727. The molecule has 86 valence electrons. The van der Waals surface area contributed by atoms with Crippen molar-refractivity contribution in [2.24, 2.45) is 0 Å². The minimum absolute atomic E-state index is 0.155. The Hall–Kier alpha value is -0.880. The zero-order chi connectivity index (χ0) is 11.3. The predicted molar refractivity (Wildman–Crippen MR) is 57.1 cm³/mol. The van der Waals surface area contributed by atoms with Crippen molar-refractivity contribution >= 4 is 9.84 Å². The molecule has 0 aromatic carbocycles. The molecule has 1 N–H and O–H groups in total. The molecule has 0 saturated heterocycles. The smallest absolute Gasteiger partial charge is 0.153 e. The van der Waals surface area contributed by atoms with E-state index in [4.69, 9.17) is 0 Å². The molecule has 1 heterocycles. The summed E-state index contributed by atoms with van der Waals surface area (Å²) in [6.07, 6.45) is 1.49. The van der Waals surface area contributed by atoms with Gasteiger partial charge >= 0.3 is 0 Å². The number of nitrogens with zero attached hydrogens (tertiary/aromatic N) is 1. The second kappa shape index (κ2) is 5.27. The molecular weight excluding hydrogens is 216 g/mol. The fraction of sp³-hybridized carbons (Fsp3) is 0.667. The van der Waals surface area contributed by atoms with Gasteiger partial charge in [0.1, 0.15) is 6.26 Å². The van der Waals surface area contributed by atoms with Crippen molar-refractivity contribution in [2.75, 3.05) is 12.3 Å². The van der Waals surface area contributed by atoms with E-state index in [2.05, 4.69) is 15.0 Å². The van der Waals surface area contributed by atoms with Crippen LogP contribution >= 0.6 is 0 Å². The standard InChI is InChI=1S/C9H16N2O3S/c1-8(2)15(12,13)6-4-10-7-9-3-5-14-11-9/h3,5,8,10H,4,6-7H2,1-2H3. The molecule has 1 rings (SSSR count). The summed E-state index contributed by atoms with van der Waals surface area (Å²) in [5.41, 5.74) is 0.775. The van der Waals surface area contributed by atoms with Crippen LogP contribution in [0.4, 0.5) is 0 Å². The Bertz CT molecular complexity index is 370. The number of aromatic nitrogens is 1. The highest BCUT2D eigenvalue weighted by atomic mass is 32.2. The molecule has 15 heavy (non-hydrogen) atoms. The zero-order valence-electron chi connectivity index (χ0n) is 8.93. The van der Waals surface area contributed by atoms with Crippen LogP contribution in [0, 0.1) is 0 Å². The maximum Gasteiger partial charge on any atom is 0.153 e. The number of hydrogen-bond acceptors (Lipinski definition) is 5. The van der Waals surface area contributed by atoms with Crippen molar-refractivity contribution in [1.29, 1.82) is 0 Å². The molecule has 0 radical (unpaired) electrons. The van der Waals surface area contributed by atoms with Crippen molar-refractivity contribution in [3.63, 3.8) is 0 Å². The molecule has 1 aromatic rings. The average Bonchev–Trinajstić information content (AvgIpc) is 2.64. The van der Waals surface area contributed by atoms with Crippen LogP contribution in [0.3, 0.4) is 0 Å². The zero-order valence-corrected chi connectivity index (χ0v) is 9.75. The normalized spacial score (nSPS) is 12.2. The Morgan fingerprint density at radius 2 is 2.27 bits per heavy atom. The molecule has 0 aliphatic rings. The number of rotatable bonds is 6. The van der Waals surface area contributed by atoms with Crippen LogP contribution in [0.2, 0.25) is 0 Å². The highest BCUT2D eigenvalue weighted by Gasteiger charge is 2.14. The fourth-order valence-electron chi connectivity index (χ4n) is 0.995. The van der Waals surface area contributed by atoms with Crippen LogP contribution in [0.25, 0.3) is 0 Å². The van der Waals surface area contributed by atoms with E-state index in [1.54, 1.807) is 19.9 Å². The van der Waals surface area contributed by atoms with Crippen molar-refractivity contribution in [3.05, 3.63) is 18.0 Å². The lowest BCUT2D eigenvalue weighted by Crippen LogP contribution is -2.27. The Kier molecular flexibility index (Phi) is 4.28. The van der Waals surface area contributed by atoms with Crippen LogP contribution in [-0.4, -0.2) is 31.1 Å². The lowest BCUT2D eigenvalue weighted by atomic mass is 10.4. The van der Waals surface area contributed by atoms with Crippen LogP contribution in [0.1, 0.15) is 19.5 Å². The maximum absolute atomic E-state index is 11.4. The lowest BCUT2D eigenvalue weighted by Gasteiger charge is -2.07. The third-order valence-electron chi connectivity index (χ3n) is 2.08.